The molecule has 2 aromatic carbocycles. The first-order valence-corrected chi connectivity index (χ1v) is 8.56. The van der Waals surface area contributed by atoms with Crippen LogP contribution in [0.5, 0.6) is 0 Å². The van der Waals surface area contributed by atoms with E-state index in [1.807, 2.05) is 0 Å². The molecular weight excluding hydrogens is 326 g/mol. The van der Waals surface area contributed by atoms with Crippen LogP contribution in [-0.2, 0) is 6.42 Å². The lowest BCUT2D eigenvalue weighted by Crippen LogP contribution is -1.99. The third-order valence-corrected chi connectivity index (χ3v) is 4.49. The van der Waals surface area contributed by atoms with Gasteiger partial charge in [-0.3, -0.25) is 15.1 Å². The summed E-state index contributed by atoms with van der Waals surface area (Å²) in [6.45, 7) is 6.29. The molecule has 0 unspecified atom stereocenters. The second-order valence-electron chi connectivity index (χ2n) is 6.21. The van der Waals surface area contributed by atoms with Crippen LogP contribution in [0.1, 0.15) is 29.4 Å². The topological polar surface area (TPSA) is 60.4 Å². The highest BCUT2D eigenvalue weighted by atomic mass is 16.6. The first-order chi connectivity index (χ1) is 12.5. The summed E-state index contributed by atoms with van der Waals surface area (Å²) in [6.07, 6.45) is 2.83. The van der Waals surface area contributed by atoms with E-state index in [0.717, 1.165) is 29.1 Å². The molecule has 3 aromatic rings. The average molecular weight is 347 g/mol. The van der Waals surface area contributed by atoms with Crippen molar-refractivity contribution in [3.63, 3.8) is 0 Å². The predicted molar refractivity (Wildman–Crippen MR) is 105 cm³/mol. The van der Waals surface area contributed by atoms with Gasteiger partial charge in [0.1, 0.15) is 0 Å². The molecule has 0 spiro atoms. The molecule has 3 rings (SSSR count). The highest BCUT2D eigenvalue weighted by Gasteiger charge is 2.09. The first-order valence-electron chi connectivity index (χ1n) is 8.56. The minimum absolute atomic E-state index is 0.0673. The highest BCUT2D eigenvalue weighted by Crippen LogP contribution is 2.22. The van der Waals surface area contributed by atoms with Gasteiger partial charge in [-0.05, 0) is 56.2 Å². The van der Waals surface area contributed by atoms with E-state index in [9.17, 15) is 10.1 Å². The van der Waals surface area contributed by atoms with Crippen molar-refractivity contribution in [1.29, 1.82) is 0 Å². The summed E-state index contributed by atoms with van der Waals surface area (Å²) >= 11 is 0. The molecule has 5 heteroatoms. The Labute approximate surface area is 152 Å². The zero-order valence-electron chi connectivity index (χ0n) is 15.1. The summed E-state index contributed by atoms with van der Waals surface area (Å²) < 4.78 is 2.20. The molecule has 0 aliphatic rings. The predicted octanol–water partition coefficient (Wildman–Crippen LogP) is 5.32. The average Bonchev–Trinajstić information content (AvgIpc) is 2.94. The van der Waals surface area contributed by atoms with Crippen molar-refractivity contribution < 1.29 is 4.92 Å². The number of nitro benzene ring substituents is 1. The number of benzene rings is 2. The van der Waals surface area contributed by atoms with Crippen molar-refractivity contribution in [2.24, 2.45) is 4.99 Å². The van der Waals surface area contributed by atoms with E-state index >= 15 is 0 Å². The molecule has 0 saturated carbocycles. The number of aliphatic imine (C=N–C) groups is 1. The summed E-state index contributed by atoms with van der Waals surface area (Å²) in [5.74, 6) is 0. The van der Waals surface area contributed by atoms with Gasteiger partial charge in [-0.25, -0.2) is 0 Å². The summed E-state index contributed by atoms with van der Waals surface area (Å²) in [5.41, 5.74) is 6.48. The SMILES string of the molecule is CCc1ccc(-n2c(C)cc(C=Nc3ccc([N+](=O)[O-])cc3)c2C)cc1. The van der Waals surface area contributed by atoms with Gasteiger partial charge in [0.25, 0.3) is 5.69 Å². The Kier molecular flexibility index (Phi) is 4.98. The molecule has 0 amide bonds. The second-order valence-corrected chi connectivity index (χ2v) is 6.21. The maximum Gasteiger partial charge on any atom is 0.269 e. The Balaban J connectivity index is 1.88. The van der Waals surface area contributed by atoms with Crippen LogP contribution in [-0.4, -0.2) is 15.7 Å². The van der Waals surface area contributed by atoms with Crippen molar-refractivity contribution in [3.8, 4) is 5.69 Å². The van der Waals surface area contributed by atoms with Gasteiger partial charge in [0.2, 0.25) is 0 Å². The lowest BCUT2D eigenvalue weighted by Gasteiger charge is -2.10. The van der Waals surface area contributed by atoms with Gasteiger partial charge in [0, 0.05) is 41.0 Å². The standard InChI is InChI=1S/C21H21N3O2/c1-4-17-5-9-20(10-6-17)23-15(2)13-18(16(23)3)14-22-19-7-11-21(12-8-19)24(25)26/h5-14H,4H2,1-3H3. The van der Waals surface area contributed by atoms with Crippen molar-refractivity contribution >= 4 is 17.6 Å². The Morgan fingerprint density at radius 3 is 2.31 bits per heavy atom. The van der Waals surface area contributed by atoms with E-state index < -0.39 is 4.92 Å². The lowest BCUT2D eigenvalue weighted by molar-refractivity contribution is -0.384. The molecule has 26 heavy (non-hydrogen) atoms. The van der Waals surface area contributed by atoms with Gasteiger partial charge in [-0.1, -0.05) is 19.1 Å². The highest BCUT2D eigenvalue weighted by molar-refractivity contribution is 5.84. The van der Waals surface area contributed by atoms with Crippen molar-refractivity contribution in [2.45, 2.75) is 27.2 Å². The fraction of sp³-hybridized carbons (Fsp3) is 0.190. The van der Waals surface area contributed by atoms with E-state index in [2.05, 4.69) is 60.7 Å². The summed E-state index contributed by atoms with van der Waals surface area (Å²) in [6, 6.07) is 16.9. The summed E-state index contributed by atoms with van der Waals surface area (Å²) in [7, 11) is 0. The summed E-state index contributed by atoms with van der Waals surface area (Å²) in [4.78, 5) is 14.8. The Hall–Kier alpha value is -3.21. The first kappa shape index (κ1) is 17.6. The van der Waals surface area contributed by atoms with Crippen LogP contribution in [0.15, 0.2) is 59.6 Å². The molecule has 0 aliphatic carbocycles. The van der Waals surface area contributed by atoms with E-state index in [4.69, 9.17) is 0 Å². The molecule has 0 radical (unpaired) electrons. The number of hydrogen-bond acceptors (Lipinski definition) is 3. The van der Waals surface area contributed by atoms with E-state index in [1.54, 1.807) is 18.3 Å². The van der Waals surface area contributed by atoms with E-state index in [0.29, 0.717) is 5.69 Å². The molecule has 0 saturated heterocycles. The van der Waals surface area contributed by atoms with Crippen LogP contribution in [0, 0.1) is 24.0 Å². The maximum absolute atomic E-state index is 10.7. The Bertz CT molecular complexity index is 952. The molecule has 0 fully saturated rings. The number of hydrogen-bond donors (Lipinski definition) is 0. The third-order valence-electron chi connectivity index (χ3n) is 4.49. The molecule has 1 heterocycles. The number of rotatable bonds is 5. The van der Waals surface area contributed by atoms with Gasteiger partial charge in [0.15, 0.2) is 0 Å². The number of non-ortho nitro benzene ring substituents is 1. The Morgan fingerprint density at radius 2 is 1.73 bits per heavy atom. The van der Waals surface area contributed by atoms with Gasteiger partial charge in [0.05, 0.1) is 10.6 Å². The van der Waals surface area contributed by atoms with E-state index in [1.165, 1.54) is 17.7 Å². The van der Waals surface area contributed by atoms with Gasteiger partial charge in [-0.15, -0.1) is 0 Å². The zero-order chi connectivity index (χ0) is 18.7. The molecule has 132 valence electrons. The zero-order valence-corrected chi connectivity index (χ0v) is 15.1. The van der Waals surface area contributed by atoms with Gasteiger partial charge >= 0.3 is 0 Å². The Morgan fingerprint density at radius 1 is 1.08 bits per heavy atom. The molecular formula is C21H21N3O2. The van der Waals surface area contributed by atoms with Crippen molar-refractivity contribution in [2.75, 3.05) is 0 Å². The van der Waals surface area contributed by atoms with Gasteiger partial charge < -0.3 is 4.57 Å². The van der Waals surface area contributed by atoms with Crippen LogP contribution < -0.4 is 0 Å². The molecule has 0 bridgehead atoms. The number of aryl methyl sites for hydroxylation is 2. The van der Waals surface area contributed by atoms with E-state index in [-0.39, 0.29) is 5.69 Å². The second kappa shape index (κ2) is 7.35. The maximum atomic E-state index is 10.7. The molecule has 0 aliphatic heterocycles. The number of nitrogens with zero attached hydrogens (tertiary/aromatic N) is 3. The van der Waals surface area contributed by atoms with Crippen LogP contribution in [0.3, 0.4) is 0 Å². The van der Waals surface area contributed by atoms with Crippen LogP contribution in [0.25, 0.3) is 5.69 Å². The minimum Gasteiger partial charge on any atom is -0.318 e. The quantitative estimate of drug-likeness (QED) is 0.356. The van der Waals surface area contributed by atoms with Crippen molar-refractivity contribution in [3.05, 3.63) is 87.2 Å². The smallest absolute Gasteiger partial charge is 0.269 e. The largest absolute Gasteiger partial charge is 0.318 e. The normalized spacial score (nSPS) is 11.2. The summed E-state index contributed by atoms with van der Waals surface area (Å²) in [5, 5.41) is 10.7. The monoisotopic (exact) mass is 347 g/mol. The molecule has 0 atom stereocenters. The van der Waals surface area contributed by atoms with Crippen LogP contribution in [0.2, 0.25) is 0 Å². The third kappa shape index (κ3) is 3.57. The van der Waals surface area contributed by atoms with Crippen LogP contribution >= 0.6 is 0 Å². The number of nitro groups is 1. The van der Waals surface area contributed by atoms with Crippen molar-refractivity contribution in [1.82, 2.24) is 4.57 Å². The van der Waals surface area contributed by atoms with Crippen LogP contribution in [0.4, 0.5) is 11.4 Å². The number of aromatic nitrogens is 1. The minimum atomic E-state index is -0.412. The van der Waals surface area contributed by atoms with Gasteiger partial charge in [-0.2, -0.15) is 0 Å². The molecule has 0 N–H and O–H groups in total. The lowest BCUT2D eigenvalue weighted by atomic mass is 10.1. The fourth-order valence-corrected chi connectivity index (χ4v) is 3.00. The fourth-order valence-electron chi connectivity index (χ4n) is 3.00. The molecule has 5 nitrogen and oxygen atoms in total. The molecule has 1 aromatic heterocycles.